The molecule has 1 aliphatic heterocycles. The van der Waals surface area contributed by atoms with Crippen LogP contribution in [0.3, 0.4) is 0 Å². The second-order valence-corrected chi connectivity index (χ2v) is 5.56. The first-order chi connectivity index (χ1) is 9.38. The molecule has 0 saturated carbocycles. The van der Waals surface area contributed by atoms with Crippen LogP contribution in [0.25, 0.3) is 0 Å². The van der Waals surface area contributed by atoms with Gasteiger partial charge in [-0.3, -0.25) is 4.79 Å². The summed E-state index contributed by atoms with van der Waals surface area (Å²) >= 11 is 0. The molecule has 0 aromatic heterocycles. The summed E-state index contributed by atoms with van der Waals surface area (Å²) in [5, 5.41) is 5.37. The van der Waals surface area contributed by atoms with Gasteiger partial charge in [-0.25, -0.2) is 0 Å². The number of amides is 1. The standard InChI is InChI=1S/C14H25F3N2O/c1-3-5-10(6-4-2)13(20)19-11-7-8-12(18-9-11)14(15,16)17/h10-12,18H,3-9H2,1-2H3,(H,19,20). The Balaban J connectivity index is 2.40. The van der Waals surface area contributed by atoms with Crippen LogP contribution in [0.5, 0.6) is 0 Å². The predicted molar refractivity (Wildman–Crippen MR) is 72.3 cm³/mol. The summed E-state index contributed by atoms with van der Waals surface area (Å²) in [7, 11) is 0. The van der Waals surface area contributed by atoms with E-state index in [2.05, 4.69) is 10.6 Å². The minimum absolute atomic E-state index is 0.00837. The summed E-state index contributed by atoms with van der Waals surface area (Å²) in [6.45, 7) is 4.26. The van der Waals surface area contributed by atoms with Gasteiger partial charge >= 0.3 is 6.18 Å². The zero-order valence-electron chi connectivity index (χ0n) is 12.2. The Morgan fingerprint density at radius 2 is 1.85 bits per heavy atom. The molecule has 3 nitrogen and oxygen atoms in total. The lowest BCUT2D eigenvalue weighted by Crippen LogP contribution is -2.54. The van der Waals surface area contributed by atoms with Crippen molar-refractivity contribution in [3.8, 4) is 0 Å². The van der Waals surface area contributed by atoms with Crippen LogP contribution in [0, 0.1) is 5.92 Å². The molecule has 1 fully saturated rings. The zero-order valence-corrected chi connectivity index (χ0v) is 12.2. The molecule has 2 N–H and O–H groups in total. The highest BCUT2D eigenvalue weighted by Gasteiger charge is 2.41. The highest BCUT2D eigenvalue weighted by Crippen LogP contribution is 2.26. The third kappa shape index (κ3) is 5.31. The van der Waals surface area contributed by atoms with Gasteiger partial charge in [0.05, 0.1) is 0 Å². The van der Waals surface area contributed by atoms with Crippen molar-refractivity contribution in [2.45, 2.75) is 70.6 Å². The molecule has 1 aliphatic rings. The minimum Gasteiger partial charge on any atom is -0.352 e. The Kier molecular flexibility index (Phi) is 6.79. The van der Waals surface area contributed by atoms with E-state index < -0.39 is 12.2 Å². The van der Waals surface area contributed by atoms with Crippen molar-refractivity contribution in [1.82, 2.24) is 10.6 Å². The van der Waals surface area contributed by atoms with Gasteiger partial charge in [-0.1, -0.05) is 26.7 Å². The molecule has 1 amide bonds. The average molecular weight is 294 g/mol. The molecular formula is C14H25F3N2O. The van der Waals surface area contributed by atoms with Crippen LogP contribution in [-0.2, 0) is 4.79 Å². The third-order valence-corrected chi connectivity index (χ3v) is 3.80. The molecule has 2 atom stereocenters. The van der Waals surface area contributed by atoms with E-state index in [9.17, 15) is 18.0 Å². The maximum Gasteiger partial charge on any atom is 0.403 e. The van der Waals surface area contributed by atoms with Crippen LogP contribution in [-0.4, -0.2) is 30.7 Å². The van der Waals surface area contributed by atoms with Crippen LogP contribution in [0.15, 0.2) is 0 Å². The number of halogens is 3. The first-order valence-corrected chi connectivity index (χ1v) is 7.48. The number of carbonyl (C=O) groups excluding carboxylic acids is 1. The van der Waals surface area contributed by atoms with Gasteiger partial charge in [0.2, 0.25) is 5.91 Å². The normalized spacial score (nSPS) is 23.9. The van der Waals surface area contributed by atoms with E-state index in [0.717, 1.165) is 25.7 Å². The van der Waals surface area contributed by atoms with E-state index in [-0.39, 0.29) is 30.8 Å². The van der Waals surface area contributed by atoms with Crippen LogP contribution in [0.2, 0.25) is 0 Å². The van der Waals surface area contributed by atoms with Gasteiger partial charge in [0.1, 0.15) is 6.04 Å². The minimum atomic E-state index is -4.19. The maximum atomic E-state index is 12.5. The molecular weight excluding hydrogens is 269 g/mol. The van der Waals surface area contributed by atoms with Gasteiger partial charge in [-0.05, 0) is 25.7 Å². The van der Waals surface area contributed by atoms with Crippen molar-refractivity contribution in [1.29, 1.82) is 0 Å². The van der Waals surface area contributed by atoms with Gasteiger partial charge in [0.15, 0.2) is 0 Å². The SMILES string of the molecule is CCCC(CCC)C(=O)NC1CCC(C(F)(F)F)NC1. The van der Waals surface area contributed by atoms with E-state index in [1.807, 2.05) is 13.8 Å². The monoisotopic (exact) mass is 294 g/mol. The van der Waals surface area contributed by atoms with Gasteiger partial charge in [-0.15, -0.1) is 0 Å². The predicted octanol–water partition coefficient (Wildman–Crippen LogP) is 3.00. The number of nitrogens with one attached hydrogen (secondary N) is 2. The van der Waals surface area contributed by atoms with Crippen LogP contribution < -0.4 is 10.6 Å². The number of hydrogen-bond acceptors (Lipinski definition) is 2. The van der Waals surface area contributed by atoms with Gasteiger partial charge in [0.25, 0.3) is 0 Å². The Hall–Kier alpha value is -0.780. The molecule has 0 radical (unpaired) electrons. The molecule has 0 spiro atoms. The van der Waals surface area contributed by atoms with Crippen LogP contribution in [0.4, 0.5) is 13.2 Å². The van der Waals surface area contributed by atoms with E-state index in [1.54, 1.807) is 0 Å². The summed E-state index contributed by atoms with van der Waals surface area (Å²) in [6, 6.07) is -1.62. The lowest BCUT2D eigenvalue weighted by molar-refractivity contribution is -0.161. The summed E-state index contributed by atoms with van der Waals surface area (Å²) in [6.07, 6.45) is -0.221. The first kappa shape index (κ1) is 17.3. The topological polar surface area (TPSA) is 41.1 Å². The Morgan fingerprint density at radius 3 is 2.25 bits per heavy atom. The van der Waals surface area contributed by atoms with E-state index in [4.69, 9.17) is 0 Å². The first-order valence-electron chi connectivity index (χ1n) is 7.48. The summed E-state index contributed by atoms with van der Waals surface area (Å²) < 4.78 is 37.5. The molecule has 1 rings (SSSR count). The fourth-order valence-electron chi connectivity index (χ4n) is 2.68. The van der Waals surface area contributed by atoms with Gasteiger partial charge in [0, 0.05) is 18.5 Å². The summed E-state index contributed by atoms with van der Waals surface area (Å²) in [5.41, 5.74) is 0. The highest BCUT2D eigenvalue weighted by molar-refractivity contribution is 5.78. The molecule has 0 aliphatic carbocycles. The largest absolute Gasteiger partial charge is 0.403 e. The fourth-order valence-corrected chi connectivity index (χ4v) is 2.68. The Morgan fingerprint density at radius 1 is 1.25 bits per heavy atom. The fraction of sp³-hybridized carbons (Fsp3) is 0.929. The third-order valence-electron chi connectivity index (χ3n) is 3.80. The van der Waals surface area contributed by atoms with Crippen LogP contribution >= 0.6 is 0 Å². The molecule has 1 heterocycles. The lowest BCUT2D eigenvalue weighted by atomic mass is 9.95. The Bertz CT molecular complexity index is 293. The summed E-state index contributed by atoms with van der Waals surface area (Å²) in [5.74, 6) is -0.0173. The van der Waals surface area contributed by atoms with Crippen molar-refractivity contribution in [3.05, 3.63) is 0 Å². The molecule has 118 valence electrons. The molecule has 2 unspecified atom stereocenters. The summed E-state index contributed by atoms with van der Waals surface area (Å²) in [4.78, 5) is 12.1. The van der Waals surface area contributed by atoms with E-state index in [0.29, 0.717) is 6.42 Å². The second kappa shape index (κ2) is 7.86. The van der Waals surface area contributed by atoms with Gasteiger partial charge < -0.3 is 10.6 Å². The van der Waals surface area contributed by atoms with Crippen molar-refractivity contribution >= 4 is 5.91 Å². The smallest absolute Gasteiger partial charge is 0.352 e. The van der Waals surface area contributed by atoms with E-state index >= 15 is 0 Å². The lowest BCUT2D eigenvalue weighted by Gasteiger charge is -2.32. The van der Waals surface area contributed by atoms with Crippen molar-refractivity contribution in [2.24, 2.45) is 5.92 Å². The molecule has 0 aromatic carbocycles. The highest BCUT2D eigenvalue weighted by atomic mass is 19.4. The number of carbonyl (C=O) groups is 1. The van der Waals surface area contributed by atoms with Gasteiger partial charge in [-0.2, -0.15) is 13.2 Å². The average Bonchev–Trinajstić information content (AvgIpc) is 2.38. The number of piperidine rings is 1. The number of alkyl halides is 3. The number of hydrogen-bond donors (Lipinski definition) is 2. The molecule has 1 saturated heterocycles. The maximum absolute atomic E-state index is 12.5. The quantitative estimate of drug-likeness (QED) is 0.790. The van der Waals surface area contributed by atoms with Crippen LogP contribution in [0.1, 0.15) is 52.4 Å². The van der Waals surface area contributed by atoms with Crippen molar-refractivity contribution < 1.29 is 18.0 Å². The second-order valence-electron chi connectivity index (χ2n) is 5.56. The van der Waals surface area contributed by atoms with Crippen molar-refractivity contribution in [3.63, 3.8) is 0 Å². The molecule has 0 aromatic rings. The van der Waals surface area contributed by atoms with E-state index in [1.165, 1.54) is 0 Å². The molecule has 6 heteroatoms. The number of rotatable bonds is 6. The Labute approximate surface area is 118 Å². The van der Waals surface area contributed by atoms with Crippen molar-refractivity contribution in [2.75, 3.05) is 6.54 Å². The molecule has 20 heavy (non-hydrogen) atoms. The molecule has 0 bridgehead atoms. The zero-order chi connectivity index (χ0) is 15.2.